The molecule has 0 aromatic heterocycles. The summed E-state index contributed by atoms with van der Waals surface area (Å²) in [6.07, 6.45) is 0.731. The van der Waals surface area contributed by atoms with Crippen LogP contribution in [0.1, 0.15) is 37.3 Å². The van der Waals surface area contributed by atoms with E-state index in [9.17, 15) is 4.57 Å². The number of benzene rings is 1. The van der Waals surface area contributed by atoms with Crippen molar-refractivity contribution in [1.82, 2.24) is 0 Å². The van der Waals surface area contributed by atoms with Crippen molar-refractivity contribution < 1.29 is 18.5 Å². The number of aryl methyl sites for hydroxylation is 1. The Kier molecular flexibility index (Phi) is 4.90. The minimum atomic E-state index is -3.19. The van der Waals surface area contributed by atoms with Crippen LogP contribution in [0.2, 0.25) is 0 Å². The van der Waals surface area contributed by atoms with Crippen molar-refractivity contribution in [2.24, 2.45) is 11.1 Å². The van der Waals surface area contributed by atoms with Gasteiger partial charge in [-0.05, 0) is 32.8 Å². The van der Waals surface area contributed by atoms with E-state index in [4.69, 9.17) is 13.9 Å². The largest absolute Gasteiger partial charge is 0.395 e. The van der Waals surface area contributed by atoms with Gasteiger partial charge in [-0.15, -0.1) is 0 Å². The molecule has 1 aromatic carbocycles. The quantitative estimate of drug-likeness (QED) is 0.733. The molecule has 0 N–H and O–H groups in total. The van der Waals surface area contributed by atoms with Gasteiger partial charge in [0, 0.05) is 11.8 Å². The van der Waals surface area contributed by atoms with Crippen LogP contribution in [0.3, 0.4) is 0 Å². The van der Waals surface area contributed by atoms with E-state index in [2.05, 4.69) is 36.3 Å². The summed E-state index contributed by atoms with van der Waals surface area (Å²) in [6, 6.07) is 8.31. The van der Waals surface area contributed by atoms with Gasteiger partial charge in [-0.25, -0.2) is 0 Å². The molecule has 1 aromatic rings. The molecule has 0 saturated heterocycles. The summed E-state index contributed by atoms with van der Waals surface area (Å²) >= 11 is 0. The average molecular weight is 337 g/mol. The van der Waals surface area contributed by atoms with E-state index in [1.807, 2.05) is 13.8 Å². The number of hydrogen-bond acceptors (Lipinski definition) is 5. The first-order valence-corrected chi connectivity index (χ1v) is 9.85. The van der Waals surface area contributed by atoms with Crippen LogP contribution in [0.5, 0.6) is 0 Å². The molecule has 3 rings (SSSR count). The lowest BCUT2D eigenvalue weighted by Gasteiger charge is -2.28. The first-order valence-electron chi connectivity index (χ1n) is 8.24. The summed E-state index contributed by atoms with van der Waals surface area (Å²) in [5, 5.41) is 4.25. The molecule has 126 valence electrons. The lowest BCUT2D eigenvalue weighted by molar-refractivity contribution is 0.149. The van der Waals surface area contributed by atoms with Crippen LogP contribution in [0, 0.1) is 12.8 Å². The monoisotopic (exact) mass is 337 g/mol. The molecule has 0 spiro atoms. The minimum Gasteiger partial charge on any atom is -0.395 e. The summed E-state index contributed by atoms with van der Waals surface area (Å²) < 4.78 is 24.6. The number of hydrogen-bond donors (Lipinski definition) is 0. The highest BCUT2D eigenvalue weighted by molar-refractivity contribution is 7.54. The Labute approximate surface area is 137 Å². The molecular weight excluding hydrogens is 313 g/mol. The molecule has 1 aliphatic carbocycles. The van der Waals surface area contributed by atoms with E-state index in [1.165, 1.54) is 5.56 Å². The Bertz CT molecular complexity index is 618. The van der Waals surface area contributed by atoms with Crippen molar-refractivity contribution in [3.63, 3.8) is 0 Å². The van der Waals surface area contributed by atoms with Gasteiger partial charge in [0.05, 0.1) is 24.6 Å². The third kappa shape index (κ3) is 3.10. The topological polar surface area (TPSA) is 57.1 Å². The van der Waals surface area contributed by atoms with Crippen molar-refractivity contribution >= 4 is 13.3 Å². The standard InChI is InChI=1S/C17H24NO4P/c1-4-21-23(19,22-5-2)15-10-14-11-20-18-17(14)16(15)13-8-6-12(3)7-9-13/h6-9,14-16H,4-5,10-11H2,1-3H3/t14-,15-,16?/m1/s1. The van der Waals surface area contributed by atoms with Crippen molar-refractivity contribution in [2.75, 3.05) is 19.8 Å². The Morgan fingerprint density at radius 3 is 2.48 bits per heavy atom. The van der Waals surface area contributed by atoms with Gasteiger partial charge in [0.15, 0.2) is 0 Å². The summed E-state index contributed by atoms with van der Waals surface area (Å²) in [5.41, 5.74) is 3.09. The van der Waals surface area contributed by atoms with Gasteiger partial charge >= 0.3 is 7.60 Å². The lowest BCUT2D eigenvalue weighted by atomic mass is 9.94. The third-order valence-corrected chi connectivity index (χ3v) is 7.11. The van der Waals surface area contributed by atoms with Gasteiger partial charge < -0.3 is 13.9 Å². The molecule has 3 atom stereocenters. The predicted octanol–water partition coefficient (Wildman–Crippen LogP) is 4.12. The first-order chi connectivity index (χ1) is 11.1. The van der Waals surface area contributed by atoms with Gasteiger partial charge in [0.25, 0.3) is 0 Å². The minimum absolute atomic E-state index is 0.0629. The number of fused-ring (bicyclic) bond motifs is 1. The molecule has 0 amide bonds. The van der Waals surface area contributed by atoms with Gasteiger partial charge in [0.2, 0.25) is 0 Å². The second kappa shape index (κ2) is 6.76. The zero-order chi connectivity index (χ0) is 16.4. The Balaban J connectivity index is 2.00. The second-order valence-corrected chi connectivity index (χ2v) is 8.33. The molecular formula is C17H24NO4P. The molecule has 2 aliphatic rings. The maximum absolute atomic E-state index is 13.4. The van der Waals surface area contributed by atoms with Crippen LogP contribution >= 0.6 is 7.60 Å². The second-order valence-electron chi connectivity index (χ2n) is 6.08. The molecule has 0 radical (unpaired) electrons. The van der Waals surface area contributed by atoms with E-state index < -0.39 is 7.60 Å². The fourth-order valence-corrected chi connectivity index (χ4v) is 5.93. The smallest absolute Gasteiger partial charge is 0.334 e. The highest BCUT2D eigenvalue weighted by Gasteiger charge is 2.53. The average Bonchev–Trinajstić information content (AvgIpc) is 3.09. The SMILES string of the molecule is CCOP(=O)(OCC)[C@@H]1C[C@@H]2CON=C2C1c1ccc(C)cc1. The molecule has 1 aliphatic heterocycles. The highest BCUT2D eigenvalue weighted by atomic mass is 31.2. The number of rotatable bonds is 6. The van der Waals surface area contributed by atoms with Gasteiger partial charge in [-0.1, -0.05) is 35.0 Å². The van der Waals surface area contributed by atoms with E-state index >= 15 is 0 Å². The van der Waals surface area contributed by atoms with Gasteiger partial charge in [-0.3, -0.25) is 4.57 Å². The molecule has 1 fully saturated rings. The molecule has 6 heteroatoms. The fraction of sp³-hybridized carbons (Fsp3) is 0.588. The van der Waals surface area contributed by atoms with E-state index in [0.29, 0.717) is 19.8 Å². The Hall–Kier alpha value is -1.16. The van der Waals surface area contributed by atoms with Crippen molar-refractivity contribution in [3.8, 4) is 0 Å². The molecule has 0 bridgehead atoms. The van der Waals surface area contributed by atoms with Gasteiger partial charge in [-0.2, -0.15) is 0 Å². The number of nitrogens with zero attached hydrogens (tertiary/aromatic N) is 1. The van der Waals surface area contributed by atoms with E-state index in [0.717, 1.165) is 17.7 Å². The van der Waals surface area contributed by atoms with E-state index in [-0.39, 0.29) is 17.5 Å². The summed E-state index contributed by atoms with van der Waals surface area (Å²) in [4.78, 5) is 5.28. The Morgan fingerprint density at radius 2 is 1.87 bits per heavy atom. The summed E-state index contributed by atoms with van der Waals surface area (Å²) in [5.74, 6) is 0.146. The summed E-state index contributed by atoms with van der Waals surface area (Å²) in [6.45, 7) is 7.07. The van der Waals surface area contributed by atoms with Crippen molar-refractivity contribution in [1.29, 1.82) is 0 Å². The molecule has 5 nitrogen and oxygen atoms in total. The maximum Gasteiger partial charge on any atom is 0.334 e. The van der Waals surface area contributed by atoms with Crippen LogP contribution in [0.25, 0.3) is 0 Å². The van der Waals surface area contributed by atoms with E-state index in [1.54, 1.807) is 0 Å². The van der Waals surface area contributed by atoms with Crippen molar-refractivity contribution in [2.45, 2.75) is 38.8 Å². The normalized spacial score (nSPS) is 26.7. The van der Waals surface area contributed by atoms with Crippen LogP contribution in [0.4, 0.5) is 0 Å². The molecule has 1 saturated carbocycles. The predicted molar refractivity (Wildman–Crippen MR) is 90.1 cm³/mol. The fourth-order valence-electron chi connectivity index (χ4n) is 3.55. The Morgan fingerprint density at radius 1 is 1.22 bits per heavy atom. The van der Waals surface area contributed by atoms with Crippen molar-refractivity contribution in [3.05, 3.63) is 35.4 Å². The third-order valence-electron chi connectivity index (χ3n) is 4.55. The first kappa shape index (κ1) is 16.7. The summed E-state index contributed by atoms with van der Waals surface area (Å²) in [7, 11) is -3.19. The van der Waals surface area contributed by atoms with Crippen LogP contribution < -0.4 is 0 Å². The molecule has 1 heterocycles. The van der Waals surface area contributed by atoms with Crippen LogP contribution in [-0.2, 0) is 18.5 Å². The maximum atomic E-state index is 13.4. The lowest BCUT2D eigenvalue weighted by Crippen LogP contribution is -2.20. The highest BCUT2D eigenvalue weighted by Crippen LogP contribution is 2.63. The zero-order valence-corrected chi connectivity index (χ0v) is 14.8. The zero-order valence-electron chi connectivity index (χ0n) is 13.9. The number of oxime groups is 1. The van der Waals surface area contributed by atoms with Crippen LogP contribution in [-0.4, -0.2) is 31.2 Å². The molecule has 23 heavy (non-hydrogen) atoms. The van der Waals surface area contributed by atoms with Crippen LogP contribution in [0.15, 0.2) is 29.4 Å². The molecule has 1 unspecified atom stereocenters. The van der Waals surface area contributed by atoms with Gasteiger partial charge in [0.1, 0.15) is 6.61 Å².